The summed E-state index contributed by atoms with van der Waals surface area (Å²) < 4.78 is 0. The van der Waals surface area contributed by atoms with E-state index in [1.54, 1.807) is 6.07 Å². The lowest BCUT2D eigenvalue weighted by Gasteiger charge is -2.39. The van der Waals surface area contributed by atoms with Gasteiger partial charge in [-0.05, 0) is 108 Å². The summed E-state index contributed by atoms with van der Waals surface area (Å²) in [5, 5.41) is 7.30. The van der Waals surface area contributed by atoms with Crippen molar-refractivity contribution in [3.63, 3.8) is 0 Å². The molecule has 0 atom stereocenters. The molecule has 0 saturated heterocycles. The summed E-state index contributed by atoms with van der Waals surface area (Å²) in [6, 6.07) is 6.71. The topological polar surface area (TPSA) is 77.2 Å². The van der Waals surface area contributed by atoms with Gasteiger partial charge in [0.25, 0.3) is 11.5 Å². The van der Waals surface area contributed by atoms with Gasteiger partial charge >= 0.3 is 0 Å². The van der Waals surface area contributed by atoms with Gasteiger partial charge in [-0.25, -0.2) is 0 Å². The van der Waals surface area contributed by atoms with Crippen molar-refractivity contribution in [2.75, 3.05) is 18.0 Å². The van der Waals surface area contributed by atoms with Crippen molar-refractivity contribution in [2.24, 2.45) is 5.92 Å². The molecular weight excluding hydrogens is 472 g/mol. The number of pyridine rings is 1. The normalized spacial score (nSPS) is 20.1. The molecule has 7 heteroatoms. The summed E-state index contributed by atoms with van der Waals surface area (Å²) in [7, 11) is 0. The number of amides is 1. The molecule has 3 N–H and O–H groups in total. The molecule has 1 aromatic heterocycles. The quantitative estimate of drug-likeness (QED) is 0.420. The number of aromatic nitrogens is 1. The molecule has 2 aliphatic carbocycles. The Balaban J connectivity index is 1.44. The van der Waals surface area contributed by atoms with Crippen LogP contribution in [0.15, 0.2) is 23.0 Å². The minimum atomic E-state index is -0.212. The molecule has 4 rings (SSSR count). The number of benzene rings is 1. The molecule has 0 bridgehead atoms. The van der Waals surface area contributed by atoms with Gasteiger partial charge < -0.3 is 20.5 Å². The van der Waals surface area contributed by atoms with Crippen LogP contribution in [-0.4, -0.2) is 36.1 Å². The molecule has 1 aromatic carbocycles. The van der Waals surface area contributed by atoms with Crippen LogP contribution in [0, 0.1) is 26.7 Å². The molecule has 2 saturated carbocycles. The zero-order valence-electron chi connectivity index (χ0n) is 22.2. The second kappa shape index (κ2) is 11.8. The number of hydrogen-bond acceptors (Lipinski definition) is 4. The van der Waals surface area contributed by atoms with Crippen LogP contribution in [-0.2, 0) is 6.54 Å². The lowest BCUT2D eigenvalue weighted by molar-refractivity contribution is 0.0950. The average Bonchev–Trinajstić information content (AvgIpc) is 2.80. The maximum atomic E-state index is 13.2. The molecule has 6 nitrogen and oxygen atoms in total. The number of aromatic amines is 1. The van der Waals surface area contributed by atoms with Gasteiger partial charge in [0.15, 0.2) is 0 Å². The number of hydrogen-bond donors (Lipinski definition) is 3. The van der Waals surface area contributed by atoms with Gasteiger partial charge in [0.2, 0.25) is 0 Å². The standard InChI is InChI=1S/C29H41ClN4O2/c1-5-34(24-11-9-23(10-12-24)31-16-21-7-6-8-21)27-15-22(30)14-25(20(27)4)28(35)32-17-26-18(2)13-19(3)33-29(26)36/h13-15,21,23-24,31H,5-12,16-17H2,1-4H3,(H,32,35)(H,33,36). The van der Waals surface area contributed by atoms with Crippen LogP contribution in [0.25, 0.3) is 0 Å². The van der Waals surface area contributed by atoms with Crippen molar-refractivity contribution < 1.29 is 4.79 Å². The molecular formula is C29H41ClN4O2. The summed E-state index contributed by atoms with van der Waals surface area (Å²) >= 11 is 6.53. The molecule has 0 spiro atoms. The first-order chi connectivity index (χ1) is 17.3. The Hall–Kier alpha value is -2.31. The van der Waals surface area contributed by atoms with E-state index in [4.69, 9.17) is 11.6 Å². The second-order valence-electron chi connectivity index (χ2n) is 10.7. The van der Waals surface area contributed by atoms with Crippen LogP contribution in [0.2, 0.25) is 5.02 Å². The predicted molar refractivity (Wildman–Crippen MR) is 148 cm³/mol. The monoisotopic (exact) mass is 512 g/mol. The van der Waals surface area contributed by atoms with E-state index < -0.39 is 0 Å². The highest BCUT2D eigenvalue weighted by molar-refractivity contribution is 6.31. The van der Waals surface area contributed by atoms with Crippen molar-refractivity contribution in [1.82, 2.24) is 15.6 Å². The second-order valence-corrected chi connectivity index (χ2v) is 11.2. The summed E-state index contributed by atoms with van der Waals surface area (Å²) in [5.74, 6) is 0.678. The average molecular weight is 513 g/mol. The highest BCUT2D eigenvalue weighted by atomic mass is 35.5. The zero-order valence-corrected chi connectivity index (χ0v) is 22.9. The Morgan fingerprint density at radius 2 is 1.81 bits per heavy atom. The summed E-state index contributed by atoms with van der Waals surface area (Å²) in [4.78, 5) is 30.8. The molecule has 2 aliphatic rings. The van der Waals surface area contributed by atoms with Crippen LogP contribution in [0.3, 0.4) is 0 Å². The minimum Gasteiger partial charge on any atom is -0.369 e. The third-order valence-corrected chi connectivity index (χ3v) is 8.43. The Bertz CT molecular complexity index is 1130. The molecule has 0 aliphatic heterocycles. The molecule has 2 aromatic rings. The Labute approximate surface area is 220 Å². The van der Waals surface area contributed by atoms with E-state index in [1.165, 1.54) is 38.6 Å². The number of nitrogens with zero attached hydrogens (tertiary/aromatic N) is 1. The molecule has 196 valence electrons. The highest BCUT2D eigenvalue weighted by Gasteiger charge is 2.28. The number of H-pyrrole nitrogens is 1. The lowest BCUT2D eigenvalue weighted by atomic mass is 9.84. The summed E-state index contributed by atoms with van der Waals surface area (Å²) in [6.07, 6.45) is 8.82. The largest absolute Gasteiger partial charge is 0.369 e. The third kappa shape index (κ3) is 6.15. The fraction of sp³-hybridized carbons (Fsp3) is 0.586. The predicted octanol–water partition coefficient (Wildman–Crippen LogP) is 5.41. The van der Waals surface area contributed by atoms with Crippen molar-refractivity contribution in [2.45, 2.75) is 91.3 Å². The van der Waals surface area contributed by atoms with Crippen LogP contribution in [0.4, 0.5) is 5.69 Å². The first-order valence-electron chi connectivity index (χ1n) is 13.5. The molecule has 0 radical (unpaired) electrons. The maximum Gasteiger partial charge on any atom is 0.253 e. The first-order valence-corrected chi connectivity index (χ1v) is 13.9. The molecule has 36 heavy (non-hydrogen) atoms. The van der Waals surface area contributed by atoms with Gasteiger partial charge in [-0.3, -0.25) is 9.59 Å². The number of anilines is 1. The van der Waals surface area contributed by atoms with E-state index in [1.807, 2.05) is 32.9 Å². The third-order valence-electron chi connectivity index (χ3n) is 8.22. The number of nitrogens with one attached hydrogen (secondary N) is 3. The number of carbonyl (C=O) groups excluding carboxylic acids is 1. The zero-order chi connectivity index (χ0) is 25.8. The van der Waals surface area contributed by atoms with Gasteiger partial charge in [0.1, 0.15) is 0 Å². The number of halogens is 1. The molecule has 1 amide bonds. The number of carbonyl (C=O) groups is 1. The Morgan fingerprint density at radius 1 is 1.08 bits per heavy atom. The summed E-state index contributed by atoms with van der Waals surface area (Å²) in [5.41, 5.74) is 4.62. The van der Waals surface area contributed by atoms with Crippen molar-refractivity contribution in [3.8, 4) is 0 Å². The van der Waals surface area contributed by atoms with Crippen LogP contribution in [0.5, 0.6) is 0 Å². The lowest BCUT2D eigenvalue weighted by Crippen LogP contribution is -2.44. The van der Waals surface area contributed by atoms with Crippen molar-refractivity contribution in [1.29, 1.82) is 0 Å². The van der Waals surface area contributed by atoms with Gasteiger partial charge in [0, 0.05) is 52.7 Å². The van der Waals surface area contributed by atoms with E-state index >= 15 is 0 Å². The van der Waals surface area contributed by atoms with Crippen LogP contribution in [0.1, 0.15) is 84.6 Å². The van der Waals surface area contributed by atoms with E-state index in [2.05, 4.69) is 27.4 Å². The fourth-order valence-corrected chi connectivity index (χ4v) is 6.02. The van der Waals surface area contributed by atoms with E-state index in [0.717, 1.165) is 47.8 Å². The Kier molecular flexibility index (Phi) is 8.78. The SMILES string of the molecule is CCN(c1cc(Cl)cc(C(=O)NCc2c(C)cc(C)[nH]c2=O)c1C)C1CCC(NCC2CCC2)CC1. The van der Waals surface area contributed by atoms with Gasteiger partial charge in [-0.1, -0.05) is 18.0 Å². The highest BCUT2D eigenvalue weighted by Crippen LogP contribution is 2.34. The van der Waals surface area contributed by atoms with Crippen molar-refractivity contribution >= 4 is 23.2 Å². The van der Waals surface area contributed by atoms with Crippen LogP contribution < -0.4 is 21.1 Å². The van der Waals surface area contributed by atoms with E-state index in [9.17, 15) is 9.59 Å². The summed E-state index contributed by atoms with van der Waals surface area (Å²) in [6.45, 7) is 10.1. The number of aryl methyl sites for hydroxylation is 2. The van der Waals surface area contributed by atoms with E-state index in [-0.39, 0.29) is 18.0 Å². The Morgan fingerprint density at radius 3 is 2.42 bits per heavy atom. The van der Waals surface area contributed by atoms with Gasteiger partial charge in [-0.15, -0.1) is 0 Å². The molecule has 1 heterocycles. The molecule has 0 unspecified atom stereocenters. The van der Waals surface area contributed by atoms with E-state index in [0.29, 0.717) is 28.2 Å². The number of rotatable bonds is 9. The smallest absolute Gasteiger partial charge is 0.253 e. The van der Waals surface area contributed by atoms with Gasteiger partial charge in [0.05, 0.1) is 0 Å². The molecule has 2 fully saturated rings. The maximum absolute atomic E-state index is 13.2. The minimum absolute atomic E-state index is 0.161. The fourth-order valence-electron chi connectivity index (χ4n) is 5.81. The first kappa shape index (κ1) is 26.7. The van der Waals surface area contributed by atoms with Gasteiger partial charge in [-0.2, -0.15) is 0 Å². The van der Waals surface area contributed by atoms with Crippen molar-refractivity contribution in [3.05, 3.63) is 61.5 Å². The van der Waals surface area contributed by atoms with Crippen LogP contribution >= 0.6 is 11.6 Å².